The molecular formula is C16H16ClFN2O3S. The standard InChI is InChI=1S/C16H16ClFN2O3S/c1-9(2)10-5-3-4-6-14(10)20-16(21)11-7-15(24(19,22)23)12(17)8-13(11)18/h3-9H,1-2H3,(H,20,21)(H2,19,22,23). The highest BCUT2D eigenvalue weighted by atomic mass is 35.5. The molecule has 0 saturated carbocycles. The summed E-state index contributed by atoms with van der Waals surface area (Å²) >= 11 is 5.69. The molecule has 0 unspecified atom stereocenters. The van der Waals surface area contributed by atoms with Gasteiger partial charge >= 0.3 is 0 Å². The number of rotatable bonds is 4. The molecule has 128 valence electrons. The van der Waals surface area contributed by atoms with Crippen LogP contribution in [-0.2, 0) is 10.0 Å². The summed E-state index contributed by atoms with van der Waals surface area (Å²) in [5, 5.41) is 7.24. The molecule has 0 aliphatic rings. The van der Waals surface area contributed by atoms with Crippen LogP contribution in [0.3, 0.4) is 0 Å². The first-order chi connectivity index (χ1) is 11.1. The number of anilines is 1. The first kappa shape index (κ1) is 18.4. The monoisotopic (exact) mass is 370 g/mol. The van der Waals surface area contributed by atoms with Gasteiger partial charge in [0.25, 0.3) is 5.91 Å². The van der Waals surface area contributed by atoms with Gasteiger partial charge in [0.15, 0.2) is 0 Å². The van der Waals surface area contributed by atoms with Crippen LogP contribution in [-0.4, -0.2) is 14.3 Å². The fraction of sp³-hybridized carbons (Fsp3) is 0.188. The van der Waals surface area contributed by atoms with Gasteiger partial charge in [-0.25, -0.2) is 17.9 Å². The maximum atomic E-state index is 14.0. The quantitative estimate of drug-likeness (QED) is 0.863. The van der Waals surface area contributed by atoms with E-state index in [0.717, 1.165) is 17.7 Å². The minimum Gasteiger partial charge on any atom is -0.322 e. The van der Waals surface area contributed by atoms with Gasteiger partial charge in [-0.2, -0.15) is 0 Å². The van der Waals surface area contributed by atoms with Crippen molar-refractivity contribution < 1.29 is 17.6 Å². The Morgan fingerprint density at radius 2 is 1.88 bits per heavy atom. The summed E-state index contributed by atoms with van der Waals surface area (Å²) < 4.78 is 37.0. The largest absolute Gasteiger partial charge is 0.322 e. The molecule has 2 rings (SSSR count). The number of carbonyl (C=O) groups excluding carboxylic acids is 1. The Bertz CT molecular complexity index is 898. The van der Waals surface area contributed by atoms with E-state index in [1.165, 1.54) is 0 Å². The third-order valence-corrected chi connectivity index (χ3v) is 4.78. The molecule has 0 saturated heterocycles. The van der Waals surface area contributed by atoms with Crippen LogP contribution in [0.2, 0.25) is 5.02 Å². The second-order valence-corrected chi connectivity index (χ2v) is 7.44. The Labute approximate surface area is 144 Å². The summed E-state index contributed by atoms with van der Waals surface area (Å²) in [5.74, 6) is -1.59. The highest BCUT2D eigenvalue weighted by Crippen LogP contribution is 2.27. The van der Waals surface area contributed by atoms with Crippen LogP contribution in [0.4, 0.5) is 10.1 Å². The lowest BCUT2D eigenvalue weighted by molar-refractivity contribution is 0.102. The van der Waals surface area contributed by atoms with Gasteiger partial charge in [-0.3, -0.25) is 4.79 Å². The van der Waals surface area contributed by atoms with E-state index in [2.05, 4.69) is 5.32 Å². The number of benzene rings is 2. The van der Waals surface area contributed by atoms with E-state index in [1.54, 1.807) is 12.1 Å². The van der Waals surface area contributed by atoms with Crippen molar-refractivity contribution in [2.45, 2.75) is 24.7 Å². The van der Waals surface area contributed by atoms with Crippen LogP contribution in [0, 0.1) is 5.82 Å². The van der Waals surface area contributed by atoms with Crippen LogP contribution in [0.5, 0.6) is 0 Å². The Morgan fingerprint density at radius 3 is 2.46 bits per heavy atom. The average Bonchev–Trinajstić information content (AvgIpc) is 2.46. The molecule has 24 heavy (non-hydrogen) atoms. The molecule has 0 bridgehead atoms. The first-order valence-corrected chi connectivity index (χ1v) is 8.95. The molecule has 0 radical (unpaired) electrons. The smallest absolute Gasteiger partial charge is 0.258 e. The predicted molar refractivity (Wildman–Crippen MR) is 91.3 cm³/mol. The van der Waals surface area contributed by atoms with Crippen molar-refractivity contribution in [1.82, 2.24) is 0 Å². The number of hydrogen-bond donors (Lipinski definition) is 2. The summed E-state index contributed by atoms with van der Waals surface area (Å²) in [6.07, 6.45) is 0. The van der Waals surface area contributed by atoms with Gasteiger partial charge in [-0.15, -0.1) is 0 Å². The molecule has 0 atom stereocenters. The second kappa shape index (κ2) is 6.88. The van der Waals surface area contributed by atoms with E-state index in [1.807, 2.05) is 26.0 Å². The van der Waals surface area contributed by atoms with Crippen LogP contribution >= 0.6 is 11.6 Å². The summed E-state index contributed by atoms with van der Waals surface area (Å²) in [5.41, 5.74) is 0.929. The maximum absolute atomic E-state index is 14.0. The highest BCUT2D eigenvalue weighted by Gasteiger charge is 2.21. The van der Waals surface area contributed by atoms with Crippen LogP contribution in [0.25, 0.3) is 0 Å². The molecule has 0 aliphatic heterocycles. The Kier molecular flexibility index (Phi) is 5.27. The van der Waals surface area contributed by atoms with Crippen LogP contribution in [0.15, 0.2) is 41.3 Å². The van der Waals surface area contributed by atoms with E-state index in [9.17, 15) is 17.6 Å². The topological polar surface area (TPSA) is 89.3 Å². The normalized spacial score (nSPS) is 11.6. The number of primary sulfonamides is 1. The summed E-state index contributed by atoms with van der Waals surface area (Å²) in [4.78, 5) is 11.9. The molecule has 0 aliphatic carbocycles. The lowest BCUT2D eigenvalue weighted by atomic mass is 10.0. The van der Waals surface area contributed by atoms with Crippen molar-refractivity contribution in [3.8, 4) is 0 Å². The van der Waals surface area contributed by atoms with Gasteiger partial charge in [-0.05, 0) is 29.7 Å². The van der Waals surface area contributed by atoms with Gasteiger partial charge in [0.2, 0.25) is 10.0 Å². The molecule has 8 heteroatoms. The van der Waals surface area contributed by atoms with E-state index in [-0.39, 0.29) is 10.9 Å². The molecule has 2 aromatic rings. The van der Waals surface area contributed by atoms with E-state index < -0.39 is 32.2 Å². The van der Waals surface area contributed by atoms with Gasteiger partial charge < -0.3 is 5.32 Å². The zero-order valence-corrected chi connectivity index (χ0v) is 14.6. The summed E-state index contributed by atoms with van der Waals surface area (Å²) in [6, 6.07) is 8.67. The molecule has 0 spiro atoms. The third kappa shape index (κ3) is 3.92. The zero-order chi connectivity index (χ0) is 18.1. The molecule has 3 N–H and O–H groups in total. The number of hydrogen-bond acceptors (Lipinski definition) is 3. The van der Waals surface area contributed by atoms with Gasteiger partial charge in [0.1, 0.15) is 10.7 Å². The average molecular weight is 371 g/mol. The molecule has 5 nitrogen and oxygen atoms in total. The first-order valence-electron chi connectivity index (χ1n) is 7.03. The fourth-order valence-electron chi connectivity index (χ4n) is 2.23. The Hall–Kier alpha value is -1.96. The number of halogens is 2. The Balaban J connectivity index is 2.45. The minimum absolute atomic E-state index is 0.136. The van der Waals surface area contributed by atoms with E-state index in [0.29, 0.717) is 5.69 Å². The van der Waals surface area contributed by atoms with Crippen molar-refractivity contribution >= 4 is 33.2 Å². The molecule has 0 fully saturated rings. The SMILES string of the molecule is CC(C)c1ccccc1NC(=O)c1cc(S(N)(=O)=O)c(Cl)cc1F. The number of nitrogens with one attached hydrogen (secondary N) is 1. The molecule has 0 heterocycles. The second-order valence-electron chi connectivity index (χ2n) is 5.50. The van der Waals surface area contributed by atoms with Gasteiger partial charge in [0.05, 0.1) is 10.6 Å². The Morgan fingerprint density at radius 1 is 1.25 bits per heavy atom. The minimum atomic E-state index is -4.18. The van der Waals surface area contributed by atoms with Crippen molar-refractivity contribution in [1.29, 1.82) is 0 Å². The molecule has 2 aromatic carbocycles. The lowest BCUT2D eigenvalue weighted by Gasteiger charge is -2.14. The van der Waals surface area contributed by atoms with Crippen molar-refractivity contribution in [2.24, 2.45) is 5.14 Å². The van der Waals surface area contributed by atoms with Crippen molar-refractivity contribution in [3.63, 3.8) is 0 Å². The molecule has 1 amide bonds. The van der Waals surface area contributed by atoms with Crippen molar-refractivity contribution in [3.05, 3.63) is 58.4 Å². The van der Waals surface area contributed by atoms with Gasteiger partial charge in [0, 0.05) is 5.69 Å². The number of carbonyl (C=O) groups is 1. The van der Waals surface area contributed by atoms with E-state index >= 15 is 0 Å². The number of para-hydroxylation sites is 1. The molecular weight excluding hydrogens is 355 g/mol. The van der Waals surface area contributed by atoms with Gasteiger partial charge in [-0.1, -0.05) is 43.6 Å². The lowest BCUT2D eigenvalue weighted by Crippen LogP contribution is -2.18. The predicted octanol–water partition coefficient (Wildman–Crippen LogP) is 3.50. The summed E-state index contributed by atoms with van der Waals surface area (Å²) in [7, 11) is -4.18. The van der Waals surface area contributed by atoms with Crippen LogP contribution < -0.4 is 10.5 Å². The number of nitrogens with two attached hydrogens (primary N) is 1. The van der Waals surface area contributed by atoms with Crippen molar-refractivity contribution in [2.75, 3.05) is 5.32 Å². The third-order valence-electron chi connectivity index (χ3n) is 3.40. The number of amides is 1. The number of sulfonamides is 1. The highest BCUT2D eigenvalue weighted by molar-refractivity contribution is 7.89. The summed E-state index contributed by atoms with van der Waals surface area (Å²) in [6.45, 7) is 3.90. The fourth-order valence-corrected chi connectivity index (χ4v) is 3.31. The maximum Gasteiger partial charge on any atom is 0.258 e. The molecule has 0 aromatic heterocycles. The van der Waals surface area contributed by atoms with Crippen LogP contribution in [0.1, 0.15) is 35.7 Å². The van der Waals surface area contributed by atoms with E-state index in [4.69, 9.17) is 16.7 Å². The zero-order valence-electron chi connectivity index (χ0n) is 13.0.